The molecular formula is C14H18N2O3. The van der Waals surface area contributed by atoms with E-state index in [4.69, 9.17) is 0 Å². The van der Waals surface area contributed by atoms with Gasteiger partial charge in [0.05, 0.1) is 4.92 Å². The molecule has 0 saturated heterocycles. The smallest absolute Gasteiger partial charge is 0.292 e. The largest absolute Gasteiger partial charge is 0.320 e. The Hall–Kier alpha value is -1.91. The number of carbonyl (C=O) groups excluding carboxylic acids is 1. The fraction of sp³-hybridized carbons (Fsp3) is 0.500. The average molecular weight is 262 g/mol. The van der Waals surface area contributed by atoms with Gasteiger partial charge in [-0.25, -0.2) is 0 Å². The molecule has 1 saturated carbocycles. The van der Waals surface area contributed by atoms with Crippen molar-refractivity contribution in [3.63, 3.8) is 0 Å². The second-order valence-electron chi connectivity index (χ2n) is 5.01. The molecule has 1 aromatic rings. The predicted molar refractivity (Wildman–Crippen MR) is 72.9 cm³/mol. The van der Waals surface area contributed by atoms with Crippen LogP contribution in [0.4, 0.5) is 11.4 Å². The zero-order valence-corrected chi connectivity index (χ0v) is 10.8. The third-order valence-corrected chi connectivity index (χ3v) is 3.63. The standard InChI is InChI=1S/C14H18N2O3/c17-14(10-9-11-5-1-2-6-11)15-12-7-3-4-8-13(12)16(18)19/h3-4,7-8,11H,1-2,5-6,9-10H2,(H,15,17). The van der Waals surface area contributed by atoms with Crippen LogP contribution in [0.2, 0.25) is 0 Å². The van der Waals surface area contributed by atoms with Gasteiger partial charge in [-0.05, 0) is 18.4 Å². The van der Waals surface area contributed by atoms with Gasteiger partial charge in [0.2, 0.25) is 5.91 Å². The molecule has 1 aromatic carbocycles. The van der Waals surface area contributed by atoms with Crippen molar-refractivity contribution in [2.45, 2.75) is 38.5 Å². The number of hydrogen-bond acceptors (Lipinski definition) is 3. The van der Waals surface area contributed by atoms with E-state index in [0.717, 1.165) is 6.42 Å². The molecule has 0 unspecified atom stereocenters. The van der Waals surface area contributed by atoms with E-state index in [1.807, 2.05) is 0 Å². The summed E-state index contributed by atoms with van der Waals surface area (Å²) in [5, 5.41) is 13.5. The number of nitrogens with zero attached hydrogens (tertiary/aromatic N) is 1. The van der Waals surface area contributed by atoms with E-state index in [1.165, 1.54) is 31.7 Å². The summed E-state index contributed by atoms with van der Waals surface area (Å²) in [5.41, 5.74) is 0.223. The number of amides is 1. The Labute approximate surface area is 112 Å². The summed E-state index contributed by atoms with van der Waals surface area (Å²) in [6.07, 6.45) is 6.26. The summed E-state index contributed by atoms with van der Waals surface area (Å²) in [5.74, 6) is 0.512. The molecule has 1 N–H and O–H groups in total. The molecule has 0 heterocycles. The molecule has 1 aliphatic rings. The van der Waals surface area contributed by atoms with Crippen LogP contribution >= 0.6 is 0 Å². The number of anilines is 1. The van der Waals surface area contributed by atoms with Gasteiger partial charge in [0.25, 0.3) is 5.69 Å². The van der Waals surface area contributed by atoms with Gasteiger partial charge in [0.15, 0.2) is 0 Å². The summed E-state index contributed by atoms with van der Waals surface area (Å²) in [7, 11) is 0. The fourth-order valence-corrected chi connectivity index (χ4v) is 2.59. The van der Waals surface area contributed by atoms with Crippen molar-refractivity contribution in [3.05, 3.63) is 34.4 Å². The molecule has 0 aliphatic heterocycles. The van der Waals surface area contributed by atoms with Crippen molar-refractivity contribution in [2.24, 2.45) is 5.92 Å². The monoisotopic (exact) mass is 262 g/mol. The molecule has 0 spiro atoms. The average Bonchev–Trinajstić information content (AvgIpc) is 2.90. The Morgan fingerprint density at radius 1 is 1.32 bits per heavy atom. The van der Waals surface area contributed by atoms with Crippen LogP contribution in [0.15, 0.2) is 24.3 Å². The fourth-order valence-electron chi connectivity index (χ4n) is 2.59. The van der Waals surface area contributed by atoms with E-state index in [-0.39, 0.29) is 17.3 Å². The maximum atomic E-state index is 11.8. The lowest BCUT2D eigenvalue weighted by Gasteiger charge is -2.09. The third kappa shape index (κ3) is 3.77. The van der Waals surface area contributed by atoms with Crippen molar-refractivity contribution in [1.29, 1.82) is 0 Å². The number of benzene rings is 1. The molecule has 1 fully saturated rings. The molecule has 2 rings (SSSR count). The molecule has 5 heteroatoms. The Balaban J connectivity index is 1.89. The number of nitro benzene ring substituents is 1. The van der Waals surface area contributed by atoms with Crippen molar-refractivity contribution in [1.82, 2.24) is 0 Å². The van der Waals surface area contributed by atoms with Crippen LogP contribution in [0.3, 0.4) is 0 Å². The number of nitro groups is 1. The SMILES string of the molecule is O=C(CCC1CCCC1)Nc1ccccc1[N+](=O)[O-]. The normalized spacial score (nSPS) is 15.4. The highest BCUT2D eigenvalue weighted by atomic mass is 16.6. The lowest BCUT2D eigenvalue weighted by Crippen LogP contribution is -2.13. The van der Waals surface area contributed by atoms with Crippen molar-refractivity contribution >= 4 is 17.3 Å². The van der Waals surface area contributed by atoms with Crippen LogP contribution in [0.25, 0.3) is 0 Å². The lowest BCUT2D eigenvalue weighted by atomic mass is 10.0. The number of rotatable bonds is 5. The van der Waals surface area contributed by atoms with E-state index in [2.05, 4.69) is 5.32 Å². The van der Waals surface area contributed by atoms with Crippen LogP contribution < -0.4 is 5.32 Å². The Kier molecular flexibility index (Phi) is 4.49. The Morgan fingerprint density at radius 3 is 2.68 bits per heavy atom. The quantitative estimate of drug-likeness (QED) is 0.652. The molecule has 19 heavy (non-hydrogen) atoms. The first kappa shape index (κ1) is 13.5. The highest BCUT2D eigenvalue weighted by molar-refractivity contribution is 5.92. The zero-order valence-electron chi connectivity index (χ0n) is 10.8. The van der Waals surface area contributed by atoms with Crippen LogP contribution in [-0.2, 0) is 4.79 Å². The first-order chi connectivity index (χ1) is 9.16. The van der Waals surface area contributed by atoms with Gasteiger partial charge in [-0.15, -0.1) is 0 Å². The minimum atomic E-state index is -0.480. The van der Waals surface area contributed by atoms with Crippen LogP contribution in [0, 0.1) is 16.0 Å². The molecule has 0 radical (unpaired) electrons. The second-order valence-corrected chi connectivity index (χ2v) is 5.01. The highest BCUT2D eigenvalue weighted by Crippen LogP contribution is 2.29. The highest BCUT2D eigenvalue weighted by Gasteiger charge is 2.18. The summed E-state index contributed by atoms with van der Waals surface area (Å²) in [4.78, 5) is 22.2. The molecule has 5 nitrogen and oxygen atoms in total. The van der Waals surface area contributed by atoms with E-state index in [1.54, 1.807) is 18.2 Å². The van der Waals surface area contributed by atoms with Gasteiger partial charge in [0, 0.05) is 12.5 Å². The van der Waals surface area contributed by atoms with Gasteiger partial charge in [-0.2, -0.15) is 0 Å². The van der Waals surface area contributed by atoms with Crippen molar-refractivity contribution < 1.29 is 9.72 Å². The van der Waals surface area contributed by atoms with E-state index >= 15 is 0 Å². The van der Waals surface area contributed by atoms with Gasteiger partial charge in [-0.3, -0.25) is 14.9 Å². The Morgan fingerprint density at radius 2 is 2.00 bits per heavy atom. The molecule has 102 valence electrons. The van der Waals surface area contributed by atoms with E-state index < -0.39 is 4.92 Å². The summed E-state index contributed by atoms with van der Waals surface area (Å²) in [6, 6.07) is 6.23. The second kappa shape index (κ2) is 6.31. The molecule has 0 aromatic heterocycles. The zero-order chi connectivity index (χ0) is 13.7. The van der Waals surface area contributed by atoms with Crippen LogP contribution in [0.1, 0.15) is 38.5 Å². The van der Waals surface area contributed by atoms with Gasteiger partial charge in [-0.1, -0.05) is 37.8 Å². The summed E-state index contributed by atoms with van der Waals surface area (Å²) in [6.45, 7) is 0. The summed E-state index contributed by atoms with van der Waals surface area (Å²) < 4.78 is 0. The minimum Gasteiger partial charge on any atom is -0.320 e. The Bertz CT molecular complexity index is 468. The lowest BCUT2D eigenvalue weighted by molar-refractivity contribution is -0.383. The first-order valence-corrected chi connectivity index (χ1v) is 6.70. The maximum Gasteiger partial charge on any atom is 0.292 e. The molecular weight excluding hydrogens is 244 g/mol. The molecule has 1 amide bonds. The molecule has 1 aliphatic carbocycles. The summed E-state index contributed by atoms with van der Waals surface area (Å²) >= 11 is 0. The van der Waals surface area contributed by atoms with Crippen molar-refractivity contribution in [3.8, 4) is 0 Å². The predicted octanol–water partition coefficient (Wildman–Crippen LogP) is 3.50. The van der Waals surface area contributed by atoms with Crippen molar-refractivity contribution in [2.75, 3.05) is 5.32 Å². The number of nitrogens with one attached hydrogen (secondary N) is 1. The molecule has 0 bridgehead atoms. The first-order valence-electron chi connectivity index (χ1n) is 6.70. The van der Waals surface area contributed by atoms with Crippen LogP contribution in [0.5, 0.6) is 0 Å². The maximum absolute atomic E-state index is 11.8. The number of para-hydroxylation sites is 2. The number of hydrogen-bond donors (Lipinski definition) is 1. The van der Waals surface area contributed by atoms with Crippen LogP contribution in [-0.4, -0.2) is 10.8 Å². The van der Waals surface area contributed by atoms with Gasteiger partial charge >= 0.3 is 0 Å². The van der Waals surface area contributed by atoms with E-state index in [0.29, 0.717) is 12.3 Å². The van der Waals surface area contributed by atoms with E-state index in [9.17, 15) is 14.9 Å². The molecule has 0 atom stereocenters. The minimum absolute atomic E-state index is 0.0586. The van der Waals surface area contributed by atoms with Gasteiger partial charge in [0.1, 0.15) is 5.69 Å². The third-order valence-electron chi connectivity index (χ3n) is 3.63. The van der Waals surface area contributed by atoms with Gasteiger partial charge < -0.3 is 5.32 Å². The topological polar surface area (TPSA) is 72.2 Å². The number of carbonyl (C=O) groups is 1.